The van der Waals surface area contributed by atoms with E-state index in [0.717, 1.165) is 36.4 Å². The lowest BCUT2D eigenvalue weighted by Crippen LogP contribution is -2.12. The monoisotopic (exact) mass is 388 g/mol. The van der Waals surface area contributed by atoms with Crippen LogP contribution in [-0.4, -0.2) is 25.4 Å². The van der Waals surface area contributed by atoms with Crippen LogP contribution in [0, 0.1) is 20.2 Å². The minimum Gasteiger partial charge on any atom is -0.495 e. The first-order chi connectivity index (χ1) is 11.7. The molecule has 0 atom stereocenters. The smallest absolute Gasteiger partial charge is 0.343 e. The summed E-state index contributed by atoms with van der Waals surface area (Å²) >= 11 is 5.79. The van der Waals surface area contributed by atoms with Gasteiger partial charge in [0.1, 0.15) is 5.75 Å². The topological polar surface area (TPSA) is 139 Å². The normalized spacial score (nSPS) is 11.0. The first kappa shape index (κ1) is 18.4. The maximum Gasteiger partial charge on any atom is 0.343 e. The Balaban J connectivity index is 2.48. The third kappa shape index (κ3) is 3.95. The fourth-order valence-corrected chi connectivity index (χ4v) is 3.20. The largest absolute Gasteiger partial charge is 0.495 e. The van der Waals surface area contributed by atoms with Crippen LogP contribution in [0.1, 0.15) is 0 Å². The molecule has 2 aromatic carbocycles. The molecule has 0 heterocycles. The number of nitro benzene ring substituents is 2. The second kappa shape index (κ2) is 6.91. The van der Waals surface area contributed by atoms with Crippen LogP contribution in [0.2, 0.25) is 5.02 Å². The molecule has 2 aromatic rings. The maximum absolute atomic E-state index is 12.4. The summed E-state index contributed by atoms with van der Waals surface area (Å²) in [6, 6.07) is 5.86. The molecule has 0 radical (unpaired) electrons. The molecule has 0 unspecified atom stereocenters. The minimum atomic E-state index is -4.55. The van der Waals surface area contributed by atoms with Crippen molar-refractivity contribution in [3.05, 3.63) is 61.6 Å². The van der Waals surface area contributed by atoms with Crippen molar-refractivity contribution in [2.24, 2.45) is 0 Å². The van der Waals surface area contributed by atoms with E-state index in [4.69, 9.17) is 20.5 Å². The summed E-state index contributed by atoms with van der Waals surface area (Å²) in [6.07, 6.45) is 0. The van der Waals surface area contributed by atoms with E-state index in [1.54, 1.807) is 0 Å². The van der Waals surface area contributed by atoms with Crippen molar-refractivity contribution in [3.8, 4) is 11.5 Å². The lowest BCUT2D eigenvalue weighted by atomic mass is 10.3. The molecule has 0 aliphatic rings. The predicted molar refractivity (Wildman–Crippen MR) is 85.6 cm³/mol. The third-order valence-electron chi connectivity index (χ3n) is 2.95. The van der Waals surface area contributed by atoms with Crippen molar-refractivity contribution in [3.63, 3.8) is 0 Å². The second-order valence-corrected chi connectivity index (χ2v) is 6.42. The molecule has 0 fully saturated rings. The van der Waals surface area contributed by atoms with Gasteiger partial charge < -0.3 is 8.92 Å². The Labute approximate surface area is 146 Å². The van der Waals surface area contributed by atoms with E-state index in [1.165, 1.54) is 7.11 Å². The van der Waals surface area contributed by atoms with Crippen molar-refractivity contribution in [2.75, 3.05) is 7.11 Å². The molecule has 0 N–H and O–H groups in total. The zero-order valence-corrected chi connectivity index (χ0v) is 14.0. The van der Waals surface area contributed by atoms with Crippen molar-refractivity contribution in [1.82, 2.24) is 0 Å². The summed E-state index contributed by atoms with van der Waals surface area (Å²) in [6.45, 7) is 0. The van der Waals surface area contributed by atoms with Gasteiger partial charge >= 0.3 is 10.1 Å². The van der Waals surface area contributed by atoms with Crippen molar-refractivity contribution >= 4 is 33.1 Å². The minimum absolute atomic E-state index is 0.177. The summed E-state index contributed by atoms with van der Waals surface area (Å²) in [5.74, 6) is -0.551. The van der Waals surface area contributed by atoms with Gasteiger partial charge in [-0.1, -0.05) is 11.6 Å². The highest BCUT2D eigenvalue weighted by atomic mass is 35.5. The van der Waals surface area contributed by atoms with Crippen molar-refractivity contribution in [1.29, 1.82) is 0 Å². The van der Waals surface area contributed by atoms with E-state index in [9.17, 15) is 28.6 Å². The van der Waals surface area contributed by atoms with Crippen LogP contribution in [-0.2, 0) is 10.1 Å². The average Bonchev–Trinajstić information content (AvgIpc) is 2.55. The molecule has 0 amide bonds. The fraction of sp³-hybridized carbons (Fsp3) is 0.0769. The zero-order chi connectivity index (χ0) is 18.8. The molecule has 25 heavy (non-hydrogen) atoms. The third-order valence-corrected chi connectivity index (χ3v) is 4.51. The second-order valence-electron chi connectivity index (χ2n) is 4.50. The standard InChI is InChI=1S/C13H9ClN2O8S/c1-23-12-5-3-9(16(19)20)7-13(12)25(21,22)24-11-4-2-8(15(17)18)6-10(11)14/h2-7H,1H3. The van der Waals surface area contributed by atoms with E-state index in [0.29, 0.717) is 0 Å². The van der Waals surface area contributed by atoms with Crippen LogP contribution in [0.4, 0.5) is 11.4 Å². The summed E-state index contributed by atoms with van der Waals surface area (Å²) in [5.41, 5.74) is -0.847. The Morgan fingerprint density at radius 1 is 0.960 bits per heavy atom. The summed E-state index contributed by atoms with van der Waals surface area (Å²) < 4.78 is 34.5. The number of halogens is 1. The lowest BCUT2D eigenvalue weighted by molar-refractivity contribution is -0.385. The van der Waals surface area contributed by atoms with Crippen molar-refractivity contribution in [2.45, 2.75) is 4.90 Å². The van der Waals surface area contributed by atoms with Crippen molar-refractivity contribution < 1.29 is 27.2 Å². The Kier molecular flexibility index (Phi) is 5.09. The molecular weight excluding hydrogens is 380 g/mol. The number of hydrogen-bond acceptors (Lipinski definition) is 8. The van der Waals surface area contributed by atoms with Gasteiger partial charge in [0.05, 0.1) is 22.0 Å². The van der Waals surface area contributed by atoms with Gasteiger partial charge in [-0.25, -0.2) is 0 Å². The SMILES string of the molecule is COc1ccc([N+](=O)[O-])cc1S(=O)(=O)Oc1ccc([N+](=O)[O-])cc1Cl. The van der Waals surface area contributed by atoms with Gasteiger partial charge in [-0.15, -0.1) is 0 Å². The molecule has 0 saturated heterocycles. The van der Waals surface area contributed by atoms with E-state index in [1.807, 2.05) is 0 Å². The number of nitrogens with zero attached hydrogens (tertiary/aromatic N) is 2. The molecular formula is C13H9ClN2O8S. The van der Waals surface area contributed by atoms with Crippen LogP contribution in [0.15, 0.2) is 41.3 Å². The maximum atomic E-state index is 12.4. The Morgan fingerprint density at radius 2 is 1.48 bits per heavy atom. The molecule has 0 aliphatic carbocycles. The molecule has 12 heteroatoms. The average molecular weight is 389 g/mol. The molecule has 2 rings (SSSR count). The summed E-state index contributed by atoms with van der Waals surface area (Å²) in [5, 5.41) is 21.2. The number of rotatable bonds is 6. The van der Waals surface area contributed by atoms with Crippen LogP contribution in [0.5, 0.6) is 11.5 Å². The summed E-state index contributed by atoms with van der Waals surface area (Å²) in [4.78, 5) is 19.4. The number of methoxy groups -OCH3 is 1. The molecule has 132 valence electrons. The number of nitro groups is 2. The van der Waals surface area contributed by atoms with E-state index in [-0.39, 0.29) is 22.2 Å². The number of ether oxygens (including phenoxy) is 1. The van der Waals surface area contributed by atoms with E-state index in [2.05, 4.69) is 0 Å². The molecule has 0 bridgehead atoms. The number of non-ortho nitro benzene ring substituents is 2. The highest BCUT2D eigenvalue weighted by Crippen LogP contribution is 2.34. The van der Waals surface area contributed by atoms with Gasteiger partial charge in [0, 0.05) is 24.3 Å². The van der Waals surface area contributed by atoms with Crippen LogP contribution >= 0.6 is 11.6 Å². The van der Waals surface area contributed by atoms with Gasteiger partial charge in [-0.2, -0.15) is 8.42 Å². The Morgan fingerprint density at radius 3 is 1.96 bits per heavy atom. The van der Waals surface area contributed by atoms with E-state index >= 15 is 0 Å². The van der Waals surface area contributed by atoms with Gasteiger partial charge in [0.2, 0.25) is 0 Å². The lowest BCUT2D eigenvalue weighted by Gasteiger charge is -2.11. The first-order valence-corrected chi connectivity index (χ1v) is 8.15. The number of benzene rings is 2. The zero-order valence-electron chi connectivity index (χ0n) is 12.4. The molecule has 0 aromatic heterocycles. The number of hydrogen-bond donors (Lipinski definition) is 0. The molecule has 0 saturated carbocycles. The first-order valence-electron chi connectivity index (χ1n) is 6.36. The van der Waals surface area contributed by atoms with Gasteiger partial charge in [0.15, 0.2) is 10.6 Å². The summed E-state index contributed by atoms with van der Waals surface area (Å²) in [7, 11) is -3.37. The molecule has 0 spiro atoms. The highest BCUT2D eigenvalue weighted by molar-refractivity contribution is 7.87. The van der Waals surface area contributed by atoms with E-state index < -0.39 is 30.5 Å². The van der Waals surface area contributed by atoms with Crippen LogP contribution < -0.4 is 8.92 Å². The molecule has 0 aliphatic heterocycles. The quantitative estimate of drug-likeness (QED) is 0.418. The fourth-order valence-electron chi connectivity index (χ4n) is 1.81. The Hall–Kier alpha value is -2.92. The predicted octanol–water partition coefficient (Wildman–Crippen LogP) is 2.93. The Bertz CT molecular complexity index is 960. The van der Waals surface area contributed by atoms with Crippen LogP contribution in [0.3, 0.4) is 0 Å². The van der Waals surface area contributed by atoms with Gasteiger partial charge in [-0.3, -0.25) is 20.2 Å². The van der Waals surface area contributed by atoms with Crippen LogP contribution in [0.25, 0.3) is 0 Å². The molecule has 10 nitrogen and oxygen atoms in total. The van der Waals surface area contributed by atoms with Gasteiger partial charge in [-0.05, 0) is 12.1 Å². The highest BCUT2D eigenvalue weighted by Gasteiger charge is 2.26. The van der Waals surface area contributed by atoms with Gasteiger partial charge in [0.25, 0.3) is 11.4 Å².